The van der Waals surface area contributed by atoms with E-state index < -0.39 is 4.33 Å². The van der Waals surface area contributed by atoms with Crippen LogP contribution in [0, 0.1) is 17.8 Å². The molecule has 0 aromatic heterocycles. The molecule has 0 aromatic carbocycles. The molecule has 82 valence electrons. The first-order chi connectivity index (χ1) is 6.37. The van der Waals surface area contributed by atoms with Gasteiger partial charge in [-0.1, -0.05) is 13.8 Å². The number of halogens is 2. The highest BCUT2D eigenvalue weighted by Gasteiger charge is 2.71. The summed E-state index contributed by atoms with van der Waals surface area (Å²) < 4.78 is -0.416. The van der Waals surface area contributed by atoms with E-state index in [-0.39, 0.29) is 0 Å². The Bertz CT molecular complexity index is 235. The average molecular weight is 236 g/mol. The van der Waals surface area contributed by atoms with Gasteiger partial charge in [-0.2, -0.15) is 0 Å². The second-order valence-corrected chi connectivity index (χ2v) is 6.78. The third kappa shape index (κ3) is 1.40. The number of hydrogen-bond donors (Lipinski definition) is 0. The van der Waals surface area contributed by atoms with Crippen LogP contribution in [0.4, 0.5) is 0 Å². The van der Waals surface area contributed by atoms with Crippen molar-refractivity contribution in [3.8, 4) is 0 Å². The quantitative estimate of drug-likeness (QED) is 0.666. The maximum atomic E-state index is 6.26. The Kier molecular flexibility index (Phi) is 2.57. The molecule has 2 aliphatic rings. The zero-order valence-corrected chi connectivity index (χ0v) is 10.8. The lowest BCUT2D eigenvalue weighted by atomic mass is 9.98. The van der Waals surface area contributed by atoms with Crippen molar-refractivity contribution in [3.63, 3.8) is 0 Å². The Labute approximate surface area is 96.7 Å². The van der Waals surface area contributed by atoms with E-state index in [0.717, 1.165) is 6.54 Å². The van der Waals surface area contributed by atoms with Gasteiger partial charge in [0.25, 0.3) is 0 Å². The van der Waals surface area contributed by atoms with Crippen molar-refractivity contribution in [2.75, 3.05) is 6.54 Å². The van der Waals surface area contributed by atoms with Crippen molar-refractivity contribution in [2.45, 2.75) is 44.1 Å². The van der Waals surface area contributed by atoms with E-state index in [4.69, 9.17) is 23.2 Å². The van der Waals surface area contributed by atoms with Crippen LogP contribution in [0.25, 0.3) is 0 Å². The molecule has 3 heteroatoms. The third-order valence-electron chi connectivity index (χ3n) is 3.77. The second kappa shape index (κ2) is 3.26. The van der Waals surface area contributed by atoms with Crippen LogP contribution in [-0.2, 0) is 0 Å². The molecule has 0 aromatic rings. The van der Waals surface area contributed by atoms with Gasteiger partial charge >= 0.3 is 0 Å². The van der Waals surface area contributed by atoms with Gasteiger partial charge in [-0.3, -0.25) is 4.90 Å². The molecule has 3 atom stereocenters. The molecule has 1 unspecified atom stereocenters. The molecule has 1 aliphatic heterocycles. The van der Waals surface area contributed by atoms with E-state index in [2.05, 4.69) is 32.6 Å². The molecule has 0 N–H and O–H groups in total. The fourth-order valence-corrected chi connectivity index (χ4v) is 3.87. The van der Waals surface area contributed by atoms with Crippen LogP contribution >= 0.6 is 23.2 Å². The Morgan fingerprint density at radius 3 is 2.21 bits per heavy atom. The van der Waals surface area contributed by atoms with Crippen molar-refractivity contribution < 1.29 is 0 Å². The number of hydrogen-bond acceptors (Lipinski definition) is 1. The number of likely N-dealkylation sites (tertiary alicyclic amines) is 1. The Morgan fingerprint density at radius 2 is 1.79 bits per heavy atom. The average Bonchev–Trinajstić information content (AvgIpc) is 2.47. The summed E-state index contributed by atoms with van der Waals surface area (Å²) in [7, 11) is 0. The third-order valence-corrected chi connectivity index (χ3v) is 4.83. The van der Waals surface area contributed by atoms with Crippen molar-refractivity contribution in [1.82, 2.24) is 4.90 Å². The lowest BCUT2D eigenvalue weighted by Crippen LogP contribution is -2.43. The number of nitrogens with zero attached hydrogens (tertiary/aromatic N) is 1. The van der Waals surface area contributed by atoms with Gasteiger partial charge in [0, 0.05) is 30.5 Å². The molecular weight excluding hydrogens is 217 g/mol. The van der Waals surface area contributed by atoms with Crippen molar-refractivity contribution in [3.05, 3.63) is 0 Å². The lowest BCUT2D eigenvalue weighted by Gasteiger charge is -2.35. The largest absolute Gasteiger partial charge is 0.297 e. The van der Waals surface area contributed by atoms with Crippen LogP contribution in [0.1, 0.15) is 27.7 Å². The van der Waals surface area contributed by atoms with Gasteiger partial charge in [0.05, 0.1) is 0 Å². The summed E-state index contributed by atoms with van der Waals surface area (Å²) in [6.45, 7) is 10.1. The van der Waals surface area contributed by atoms with Crippen LogP contribution in [0.2, 0.25) is 0 Å². The van der Waals surface area contributed by atoms with Gasteiger partial charge in [-0.05, 0) is 19.8 Å². The van der Waals surface area contributed by atoms with Crippen LogP contribution in [-0.4, -0.2) is 27.9 Å². The first-order valence-corrected chi connectivity index (χ1v) is 6.26. The molecule has 1 saturated carbocycles. The summed E-state index contributed by atoms with van der Waals surface area (Å²) in [4.78, 5) is 2.56. The molecule has 0 bridgehead atoms. The molecule has 1 aliphatic carbocycles. The molecule has 0 spiro atoms. The molecule has 1 nitrogen and oxygen atoms in total. The Balaban J connectivity index is 2.15. The minimum atomic E-state index is -0.416. The summed E-state index contributed by atoms with van der Waals surface area (Å²) >= 11 is 12.5. The normalized spacial score (nSPS) is 40.7. The highest BCUT2D eigenvalue weighted by atomic mass is 35.5. The number of rotatable bonds is 2. The summed E-state index contributed by atoms with van der Waals surface area (Å²) in [5.41, 5.74) is 0. The van der Waals surface area contributed by atoms with E-state index in [0.29, 0.717) is 29.8 Å². The first-order valence-electron chi connectivity index (χ1n) is 5.51. The van der Waals surface area contributed by atoms with E-state index in [9.17, 15) is 0 Å². The number of piperidine rings is 1. The molecule has 0 radical (unpaired) electrons. The van der Waals surface area contributed by atoms with E-state index in [1.165, 1.54) is 0 Å². The SMILES string of the molecule is CC(C)[C@@H]1C2[C@H](CN1C(C)C)C2(Cl)Cl. The maximum absolute atomic E-state index is 6.26. The summed E-state index contributed by atoms with van der Waals surface area (Å²) in [5.74, 6) is 1.67. The maximum Gasteiger partial charge on any atom is 0.127 e. The first kappa shape index (κ1) is 11.0. The van der Waals surface area contributed by atoms with Gasteiger partial charge in [0.1, 0.15) is 4.33 Å². The van der Waals surface area contributed by atoms with E-state index >= 15 is 0 Å². The molecule has 2 rings (SSSR count). The fourth-order valence-electron chi connectivity index (χ4n) is 3.03. The standard InChI is InChI=1S/C11H19Cl2N/c1-6(2)10-9-8(11(9,12)13)5-14(10)7(3)4/h6-10H,5H2,1-4H3/t8-,9?,10+/m0/s1. The molecular formula is C11H19Cl2N. The van der Waals surface area contributed by atoms with Crippen LogP contribution < -0.4 is 0 Å². The zero-order chi connectivity index (χ0) is 10.7. The smallest absolute Gasteiger partial charge is 0.127 e. The summed E-state index contributed by atoms with van der Waals surface area (Å²) in [6.07, 6.45) is 0. The zero-order valence-electron chi connectivity index (χ0n) is 9.30. The summed E-state index contributed by atoms with van der Waals surface area (Å²) in [6, 6.07) is 1.19. The predicted octanol–water partition coefficient (Wildman–Crippen LogP) is 3.15. The van der Waals surface area contributed by atoms with Crippen LogP contribution in [0.3, 0.4) is 0 Å². The highest BCUT2D eigenvalue weighted by molar-refractivity contribution is 6.51. The monoisotopic (exact) mass is 235 g/mol. The molecule has 14 heavy (non-hydrogen) atoms. The van der Waals surface area contributed by atoms with Gasteiger partial charge in [-0.15, -0.1) is 23.2 Å². The lowest BCUT2D eigenvalue weighted by molar-refractivity contribution is 0.136. The topological polar surface area (TPSA) is 3.24 Å². The highest BCUT2D eigenvalue weighted by Crippen LogP contribution is 2.66. The van der Waals surface area contributed by atoms with Gasteiger partial charge in [0.15, 0.2) is 0 Å². The second-order valence-electron chi connectivity index (χ2n) is 5.33. The predicted molar refractivity (Wildman–Crippen MR) is 61.9 cm³/mol. The molecule has 0 amide bonds. The van der Waals surface area contributed by atoms with Crippen molar-refractivity contribution in [2.24, 2.45) is 17.8 Å². The summed E-state index contributed by atoms with van der Waals surface area (Å²) in [5, 5.41) is 0. The van der Waals surface area contributed by atoms with E-state index in [1.807, 2.05) is 0 Å². The minimum absolute atomic E-state index is 0.416. The fraction of sp³-hybridized carbons (Fsp3) is 1.00. The van der Waals surface area contributed by atoms with Crippen LogP contribution in [0.15, 0.2) is 0 Å². The Morgan fingerprint density at radius 1 is 1.21 bits per heavy atom. The Hall–Kier alpha value is 0.540. The van der Waals surface area contributed by atoms with E-state index in [1.54, 1.807) is 0 Å². The number of fused-ring (bicyclic) bond motifs is 1. The van der Waals surface area contributed by atoms with Gasteiger partial charge in [0.2, 0.25) is 0 Å². The van der Waals surface area contributed by atoms with Gasteiger partial charge < -0.3 is 0 Å². The van der Waals surface area contributed by atoms with Crippen molar-refractivity contribution >= 4 is 23.2 Å². The van der Waals surface area contributed by atoms with Crippen LogP contribution in [0.5, 0.6) is 0 Å². The molecule has 1 saturated heterocycles. The van der Waals surface area contributed by atoms with Gasteiger partial charge in [-0.25, -0.2) is 0 Å². The molecule has 1 heterocycles. The molecule has 2 fully saturated rings. The number of alkyl halides is 2. The minimum Gasteiger partial charge on any atom is -0.297 e. The van der Waals surface area contributed by atoms with Crippen molar-refractivity contribution in [1.29, 1.82) is 0 Å².